The summed E-state index contributed by atoms with van der Waals surface area (Å²) < 4.78 is 5.31. The Morgan fingerprint density at radius 3 is 3.09 bits per heavy atom. The molecule has 0 aromatic heterocycles. The fourth-order valence-electron chi connectivity index (χ4n) is 1.06. The second kappa shape index (κ2) is 4.38. The van der Waals surface area contributed by atoms with E-state index in [2.05, 4.69) is 30.7 Å². The van der Waals surface area contributed by atoms with Gasteiger partial charge in [0.1, 0.15) is 0 Å². The molecule has 1 rings (SSSR count). The van der Waals surface area contributed by atoms with Crippen molar-refractivity contribution in [3.63, 3.8) is 0 Å². The minimum Gasteiger partial charge on any atom is -0.377 e. The molecule has 11 heavy (non-hydrogen) atoms. The van der Waals surface area contributed by atoms with Crippen LogP contribution >= 0.6 is 0 Å². The van der Waals surface area contributed by atoms with E-state index >= 15 is 0 Å². The van der Waals surface area contributed by atoms with Crippen LogP contribution in [0.25, 0.3) is 0 Å². The molecule has 1 unspecified atom stereocenters. The third kappa shape index (κ3) is 2.53. The number of hydrogen-bond acceptors (Lipinski definition) is 2. The van der Waals surface area contributed by atoms with Gasteiger partial charge in [-0.25, -0.2) is 0 Å². The van der Waals surface area contributed by atoms with Gasteiger partial charge in [0.05, 0.1) is 19.3 Å². The van der Waals surface area contributed by atoms with Crippen LogP contribution < -0.4 is 0 Å². The average molecular weight is 153 g/mol. The fraction of sp³-hybridized carbons (Fsp3) is 0.778. The molecule has 0 saturated carbocycles. The van der Waals surface area contributed by atoms with Crippen LogP contribution in [0.2, 0.25) is 0 Å². The summed E-state index contributed by atoms with van der Waals surface area (Å²) in [6, 6.07) is 0.323. The van der Waals surface area contributed by atoms with Gasteiger partial charge in [-0.05, 0) is 7.05 Å². The molecule has 0 bridgehead atoms. The van der Waals surface area contributed by atoms with E-state index < -0.39 is 0 Å². The Kier molecular flexibility index (Phi) is 3.41. The summed E-state index contributed by atoms with van der Waals surface area (Å²) in [6.07, 6.45) is 0.935. The lowest BCUT2D eigenvalue weighted by Gasteiger charge is -2.28. The van der Waals surface area contributed by atoms with Crippen LogP contribution in [0, 0.1) is 11.8 Å². The van der Waals surface area contributed by atoms with Crippen molar-refractivity contribution in [3.05, 3.63) is 0 Å². The van der Waals surface area contributed by atoms with E-state index in [-0.39, 0.29) is 0 Å². The molecule has 1 aliphatic heterocycles. The highest BCUT2D eigenvalue weighted by Gasteiger charge is 2.16. The van der Waals surface area contributed by atoms with Gasteiger partial charge in [-0.3, -0.25) is 4.90 Å². The number of rotatable bonds is 0. The first-order valence-electron chi connectivity index (χ1n) is 4.11. The van der Waals surface area contributed by atoms with Gasteiger partial charge in [-0.1, -0.05) is 12.8 Å². The molecule has 0 spiro atoms. The van der Waals surface area contributed by atoms with Gasteiger partial charge in [0.2, 0.25) is 0 Å². The van der Waals surface area contributed by atoms with Gasteiger partial charge in [0, 0.05) is 13.0 Å². The lowest BCUT2D eigenvalue weighted by atomic mass is 10.2. The zero-order valence-corrected chi connectivity index (χ0v) is 7.26. The Bertz CT molecular complexity index is 168. The highest BCUT2D eigenvalue weighted by atomic mass is 16.5. The maximum Gasteiger partial charge on any atom is 0.0949 e. The molecule has 0 radical (unpaired) electrons. The predicted molar refractivity (Wildman–Crippen MR) is 45.3 cm³/mol. The van der Waals surface area contributed by atoms with Crippen molar-refractivity contribution >= 4 is 0 Å². The van der Waals surface area contributed by atoms with Crippen LogP contribution in [0.1, 0.15) is 13.3 Å². The van der Waals surface area contributed by atoms with Crippen LogP contribution in [-0.2, 0) is 4.74 Å². The molecular weight excluding hydrogens is 138 g/mol. The Labute approximate surface area is 68.5 Å². The van der Waals surface area contributed by atoms with E-state index in [9.17, 15) is 0 Å². The largest absolute Gasteiger partial charge is 0.377 e. The normalized spacial score (nSPS) is 25.8. The van der Waals surface area contributed by atoms with Crippen molar-refractivity contribution in [2.24, 2.45) is 0 Å². The molecule has 0 amide bonds. The van der Waals surface area contributed by atoms with Crippen molar-refractivity contribution in [2.45, 2.75) is 19.4 Å². The molecule has 0 aliphatic carbocycles. The smallest absolute Gasteiger partial charge is 0.0949 e. The Balaban J connectivity index is 2.41. The van der Waals surface area contributed by atoms with Gasteiger partial charge >= 0.3 is 0 Å². The standard InChI is InChI=1S/C9H15NO/c1-3-4-5-9-8-11-7-6-10(9)2/h9H,3,6-8H2,1-2H3. The third-order valence-electron chi connectivity index (χ3n) is 1.84. The summed E-state index contributed by atoms with van der Waals surface area (Å²) in [5.41, 5.74) is 0. The number of nitrogens with zero attached hydrogens (tertiary/aromatic N) is 1. The predicted octanol–water partition coefficient (Wildman–Crippen LogP) is 0.730. The van der Waals surface area contributed by atoms with E-state index in [1.165, 1.54) is 0 Å². The van der Waals surface area contributed by atoms with Crippen LogP contribution in [0.3, 0.4) is 0 Å². The third-order valence-corrected chi connectivity index (χ3v) is 1.84. The Hall–Kier alpha value is -0.520. The highest BCUT2D eigenvalue weighted by Crippen LogP contribution is 2.01. The summed E-state index contributed by atoms with van der Waals surface area (Å²) in [6.45, 7) is 4.68. The van der Waals surface area contributed by atoms with Gasteiger partial charge < -0.3 is 4.74 Å². The molecule has 62 valence electrons. The summed E-state index contributed by atoms with van der Waals surface area (Å²) in [4.78, 5) is 2.24. The first-order chi connectivity index (χ1) is 5.34. The minimum absolute atomic E-state index is 0.323. The molecule has 1 atom stereocenters. The summed E-state index contributed by atoms with van der Waals surface area (Å²) in [5, 5.41) is 0. The number of hydrogen-bond donors (Lipinski definition) is 0. The van der Waals surface area contributed by atoms with Gasteiger partial charge in [-0.2, -0.15) is 0 Å². The molecule has 1 fully saturated rings. The highest BCUT2D eigenvalue weighted by molar-refractivity contribution is 5.08. The Morgan fingerprint density at radius 2 is 2.45 bits per heavy atom. The van der Waals surface area contributed by atoms with Crippen molar-refractivity contribution in [1.82, 2.24) is 4.90 Å². The van der Waals surface area contributed by atoms with Crippen molar-refractivity contribution in [1.29, 1.82) is 0 Å². The zero-order valence-electron chi connectivity index (χ0n) is 7.26. The Morgan fingerprint density at radius 1 is 1.64 bits per heavy atom. The van der Waals surface area contributed by atoms with Crippen LogP contribution in [-0.4, -0.2) is 37.7 Å². The monoisotopic (exact) mass is 153 g/mol. The minimum atomic E-state index is 0.323. The summed E-state index contributed by atoms with van der Waals surface area (Å²) in [5.74, 6) is 6.25. The quantitative estimate of drug-likeness (QED) is 0.476. The molecule has 2 nitrogen and oxygen atoms in total. The lowest BCUT2D eigenvalue weighted by molar-refractivity contribution is 0.0267. The first kappa shape index (κ1) is 8.58. The number of ether oxygens (including phenoxy) is 1. The van der Waals surface area contributed by atoms with Crippen LogP contribution in [0.5, 0.6) is 0 Å². The molecular formula is C9H15NO. The van der Waals surface area contributed by atoms with Crippen LogP contribution in [0.15, 0.2) is 0 Å². The zero-order chi connectivity index (χ0) is 8.10. The van der Waals surface area contributed by atoms with Gasteiger partial charge in [0.15, 0.2) is 0 Å². The molecule has 1 saturated heterocycles. The van der Waals surface area contributed by atoms with E-state index in [1.54, 1.807) is 0 Å². The van der Waals surface area contributed by atoms with E-state index in [4.69, 9.17) is 4.74 Å². The molecule has 1 heterocycles. The van der Waals surface area contributed by atoms with Crippen molar-refractivity contribution < 1.29 is 4.74 Å². The summed E-state index contributed by atoms with van der Waals surface area (Å²) >= 11 is 0. The molecule has 2 heteroatoms. The first-order valence-corrected chi connectivity index (χ1v) is 4.11. The van der Waals surface area contributed by atoms with Crippen LogP contribution in [0.4, 0.5) is 0 Å². The second-order valence-electron chi connectivity index (χ2n) is 2.75. The number of likely N-dealkylation sites (N-methyl/N-ethyl adjacent to an activating group) is 1. The topological polar surface area (TPSA) is 12.5 Å². The lowest BCUT2D eigenvalue weighted by Crippen LogP contribution is -2.41. The van der Waals surface area contributed by atoms with E-state index in [0.29, 0.717) is 6.04 Å². The van der Waals surface area contributed by atoms with E-state index in [0.717, 1.165) is 26.2 Å². The molecule has 0 N–H and O–H groups in total. The average Bonchev–Trinajstić information content (AvgIpc) is 2.03. The van der Waals surface area contributed by atoms with E-state index in [1.807, 2.05) is 0 Å². The second-order valence-corrected chi connectivity index (χ2v) is 2.75. The van der Waals surface area contributed by atoms with Gasteiger partial charge in [-0.15, -0.1) is 5.92 Å². The van der Waals surface area contributed by atoms with Crippen molar-refractivity contribution in [3.8, 4) is 11.8 Å². The molecule has 1 aliphatic rings. The summed E-state index contributed by atoms with van der Waals surface area (Å²) in [7, 11) is 2.09. The molecule has 0 aromatic rings. The van der Waals surface area contributed by atoms with Gasteiger partial charge in [0.25, 0.3) is 0 Å². The maximum absolute atomic E-state index is 5.31. The number of morpholine rings is 1. The van der Waals surface area contributed by atoms with Crippen molar-refractivity contribution in [2.75, 3.05) is 26.8 Å². The maximum atomic E-state index is 5.31. The molecule has 0 aromatic carbocycles. The SMILES string of the molecule is CCC#CC1COCCN1C. The fourth-order valence-corrected chi connectivity index (χ4v) is 1.06.